The van der Waals surface area contributed by atoms with E-state index in [4.69, 9.17) is 16.3 Å². The Kier molecular flexibility index (Phi) is 5.04. The zero-order chi connectivity index (χ0) is 13.0. The van der Waals surface area contributed by atoms with Gasteiger partial charge < -0.3 is 10.1 Å². The molecule has 1 aliphatic rings. The normalized spacial score (nSPS) is 18.8. The van der Waals surface area contributed by atoms with Crippen LogP contribution in [-0.4, -0.2) is 19.8 Å². The van der Waals surface area contributed by atoms with E-state index < -0.39 is 0 Å². The van der Waals surface area contributed by atoms with Gasteiger partial charge in [0.1, 0.15) is 0 Å². The Bertz CT molecular complexity index is 388. The van der Waals surface area contributed by atoms with Gasteiger partial charge in [-0.05, 0) is 49.4 Å². The van der Waals surface area contributed by atoms with Crippen LogP contribution in [0.3, 0.4) is 0 Å². The maximum absolute atomic E-state index is 6.11. The predicted molar refractivity (Wildman–Crippen MR) is 76.1 cm³/mol. The SMILES string of the molecule is CCNC(c1ccc(Cl)c(C)c1)C1CCOCC1. The van der Waals surface area contributed by atoms with Gasteiger partial charge in [-0.1, -0.05) is 30.7 Å². The fraction of sp³-hybridized carbons (Fsp3) is 0.600. The first kappa shape index (κ1) is 13.9. The quantitative estimate of drug-likeness (QED) is 0.898. The van der Waals surface area contributed by atoms with E-state index in [2.05, 4.69) is 31.3 Å². The first-order valence-corrected chi connectivity index (χ1v) is 7.17. The third kappa shape index (κ3) is 3.25. The van der Waals surface area contributed by atoms with Crippen LogP contribution in [0.15, 0.2) is 18.2 Å². The molecular weight excluding hydrogens is 246 g/mol. The fourth-order valence-electron chi connectivity index (χ4n) is 2.69. The number of rotatable bonds is 4. The lowest BCUT2D eigenvalue weighted by molar-refractivity contribution is 0.0538. The average Bonchev–Trinajstić information content (AvgIpc) is 2.40. The summed E-state index contributed by atoms with van der Waals surface area (Å²) in [5.41, 5.74) is 2.51. The number of hydrogen-bond donors (Lipinski definition) is 1. The molecule has 0 spiro atoms. The number of hydrogen-bond acceptors (Lipinski definition) is 2. The molecule has 3 heteroatoms. The molecule has 0 aromatic heterocycles. The van der Waals surface area contributed by atoms with Crippen LogP contribution in [0.2, 0.25) is 5.02 Å². The molecule has 1 heterocycles. The third-order valence-electron chi connectivity index (χ3n) is 3.70. The molecule has 0 aliphatic carbocycles. The molecule has 1 aliphatic heterocycles. The molecule has 0 bridgehead atoms. The summed E-state index contributed by atoms with van der Waals surface area (Å²) in [6.45, 7) is 7.00. The summed E-state index contributed by atoms with van der Waals surface area (Å²) >= 11 is 6.11. The van der Waals surface area contributed by atoms with Gasteiger partial charge in [-0.3, -0.25) is 0 Å². The molecule has 18 heavy (non-hydrogen) atoms. The zero-order valence-electron chi connectivity index (χ0n) is 11.2. The topological polar surface area (TPSA) is 21.3 Å². The Morgan fingerprint density at radius 2 is 2.11 bits per heavy atom. The number of halogens is 1. The highest BCUT2D eigenvalue weighted by molar-refractivity contribution is 6.31. The molecular formula is C15H22ClNO. The Labute approximate surface area is 115 Å². The van der Waals surface area contributed by atoms with Gasteiger partial charge in [0.15, 0.2) is 0 Å². The highest BCUT2D eigenvalue weighted by Crippen LogP contribution is 2.31. The van der Waals surface area contributed by atoms with Crippen LogP contribution in [0.5, 0.6) is 0 Å². The van der Waals surface area contributed by atoms with Gasteiger partial charge in [0, 0.05) is 24.3 Å². The van der Waals surface area contributed by atoms with Crippen LogP contribution in [0.4, 0.5) is 0 Å². The Morgan fingerprint density at radius 1 is 1.39 bits per heavy atom. The first-order chi connectivity index (χ1) is 8.72. The summed E-state index contributed by atoms with van der Waals surface area (Å²) in [5.74, 6) is 0.666. The minimum atomic E-state index is 0.426. The van der Waals surface area contributed by atoms with Crippen molar-refractivity contribution in [2.45, 2.75) is 32.7 Å². The minimum Gasteiger partial charge on any atom is -0.381 e. The van der Waals surface area contributed by atoms with Gasteiger partial charge in [-0.25, -0.2) is 0 Å². The fourth-order valence-corrected chi connectivity index (χ4v) is 2.80. The van der Waals surface area contributed by atoms with E-state index in [1.54, 1.807) is 0 Å². The van der Waals surface area contributed by atoms with Gasteiger partial charge in [0.25, 0.3) is 0 Å². The number of benzene rings is 1. The predicted octanol–water partition coefficient (Wildman–Crippen LogP) is 3.73. The van der Waals surface area contributed by atoms with E-state index in [1.165, 1.54) is 5.56 Å². The molecule has 2 nitrogen and oxygen atoms in total. The van der Waals surface area contributed by atoms with Crippen LogP contribution < -0.4 is 5.32 Å². The summed E-state index contributed by atoms with van der Waals surface area (Å²) in [6, 6.07) is 6.80. The second-order valence-corrected chi connectivity index (χ2v) is 5.40. The average molecular weight is 268 g/mol. The van der Waals surface area contributed by atoms with Crippen molar-refractivity contribution in [3.05, 3.63) is 34.3 Å². The maximum Gasteiger partial charge on any atom is 0.0469 e. The highest BCUT2D eigenvalue weighted by Gasteiger charge is 2.24. The second kappa shape index (κ2) is 6.55. The van der Waals surface area contributed by atoms with Crippen LogP contribution in [-0.2, 0) is 4.74 Å². The van der Waals surface area contributed by atoms with Crippen LogP contribution in [0, 0.1) is 12.8 Å². The Balaban J connectivity index is 2.19. The van der Waals surface area contributed by atoms with Crippen molar-refractivity contribution in [1.82, 2.24) is 5.32 Å². The molecule has 1 aromatic rings. The summed E-state index contributed by atoms with van der Waals surface area (Å²) < 4.78 is 5.46. The van der Waals surface area contributed by atoms with E-state index in [9.17, 15) is 0 Å². The summed E-state index contributed by atoms with van der Waals surface area (Å²) in [4.78, 5) is 0. The van der Waals surface area contributed by atoms with E-state index in [1.807, 2.05) is 6.07 Å². The van der Waals surface area contributed by atoms with Crippen molar-refractivity contribution in [2.75, 3.05) is 19.8 Å². The van der Waals surface area contributed by atoms with Crippen molar-refractivity contribution in [3.8, 4) is 0 Å². The lowest BCUT2D eigenvalue weighted by Crippen LogP contribution is -2.32. The third-order valence-corrected chi connectivity index (χ3v) is 4.13. The largest absolute Gasteiger partial charge is 0.381 e. The molecule has 1 aromatic carbocycles. The first-order valence-electron chi connectivity index (χ1n) is 6.79. The monoisotopic (exact) mass is 267 g/mol. The minimum absolute atomic E-state index is 0.426. The molecule has 1 N–H and O–H groups in total. The van der Waals surface area contributed by atoms with Crippen molar-refractivity contribution in [2.24, 2.45) is 5.92 Å². The van der Waals surface area contributed by atoms with Gasteiger partial charge in [-0.2, -0.15) is 0 Å². The molecule has 1 atom stereocenters. The van der Waals surface area contributed by atoms with E-state index in [0.717, 1.165) is 43.2 Å². The Hall–Kier alpha value is -0.570. The number of nitrogens with one attached hydrogen (secondary N) is 1. The molecule has 100 valence electrons. The molecule has 0 amide bonds. The Morgan fingerprint density at radius 3 is 2.72 bits per heavy atom. The van der Waals surface area contributed by atoms with Gasteiger partial charge >= 0.3 is 0 Å². The smallest absolute Gasteiger partial charge is 0.0469 e. The van der Waals surface area contributed by atoms with Crippen molar-refractivity contribution < 1.29 is 4.74 Å². The molecule has 0 saturated carbocycles. The molecule has 1 saturated heterocycles. The van der Waals surface area contributed by atoms with E-state index in [0.29, 0.717) is 12.0 Å². The second-order valence-electron chi connectivity index (χ2n) is 4.99. The van der Waals surface area contributed by atoms with Crippen molar-refractivity contribution in [3.63, 3.8) is 0 Å². The van der Waals surface area contributed by atoms with Crippen LogP contribution in [0.25, 0.3) is 0 Å². The van der Waals surface area contributed by atoms with Gasteiger partial charge in [0.05, 0.1) is 0 Å². The molecule has 1 unspecified atom stereocenters. The summed E-state index contributed by atoms with van der Waals surface area (Å²) in [7, 11) is 0. The van der Waals surface area contributed by atoms with E-state index >= 15 is 0 Å². The zero-order valence-corrected chi connectivity index (χ0v) is 12.0. The highest BCUT2D eigenvalue weighted by atomic mass is 35.5. The standard InChI is InChI=1S/C15H22ClNO/c1-3-17-15(12-6-8-18-9-7-12)13-4-5-14(16)11(2)10-13/h4-5,10,12,15,17H,3,6-9H2,1-2H3. The summed E-state index contributed by atoms with van der Waals surface area (Å²) in [5, 5.41) is 4.46. The van der Waals surface area contributed by atoms with Crippen LogP contribution >= 0.6 is 11.6 Å². The number of ether oxygens (including phenoxy) is 1. The number of aryl methyl sites for hydroxylation is 1. The molecule has 0 radical (unpaired) electrons. The van der Waals surface area contributed by atoms with Crippen molar-refractivity contribution in [1.29, 1.82) is 0 Å². The van der Waals surface area contributed by atoms with Gasteiger partial charge in [0.2, 0.25) is 0 Å². The molecule has 1 fully saturated rings. The lowest BCUT2D eigenvalue weighted by atomic mass is 9.86. The van der Waals surface area contributed by atoms with Gasteiger partial charge in [-0.15, -0.1) is 0 Å². The summed E-state index contributed by atoms with van der Waals surface area (Å²) in [6.07, 6.45) is 2.28. The lowest BCUT2D eigenvalue weighted by Gasteiger charge is -2.31. The molecule has 2 rings (SSSR count). The van der Waals surface area contributed by atoms with Crippen molar-refractivity contribution >= 4 is 11.6 Å². The van der Waals surface area contributed by atoms with Crippen LogP contribution in [0.1, 0.15) is 36.9 Å². The maximum atomic E-state index is 6.11. The van der Waals surface area contributed by atoms with E-state index in [-0.39, 0.29) is 0 Å².